The Morgan fingerprint density at radius 1 is 1.18 bits per heavy atom. The van der Waals surface area contributed by atoms with Crippen LogP contribution in [0.25, 0.3) is 11.0 Å². The number of aromatic nitrogens is 5. The Morgan fingerprint density at radius 2 is 1.88 bits per heavy atom. The summed E-state index contributed by atoms with van der Waals surface area (Å²) >= 11 is 0. The first-order valence-electron chi connectivity index (χ1n) is 11.9. The minimum Gasteiger partial charge on any atom is -0.383 e. The number of rotatable bonds is 9. The summed E-state index contributed by atoms with van der Waals surface area (Å²) < 4.78 is 3.10. The fraction of sp³-hybridized carbons (Fsp3) is 0.542. The highest BCUT2D eigenvalue weighted by Gasteiger charge is 2.28. The second-order valence-electron chi connectivity index (χ2n) is 9.12. The van der Waals surface area contributed by atoms with Crippen molar-refractivity contribution in [1.82, 2.24) is 24.3 Å². The molecule has 0 radical (unpaired) electrons. The molecule has 10 nitrogen and oxygen atoms in total. The normalized spacial score (nSPS) is 11.6. The fourth-order valence-electron chi connectivity index (χ4n) is 3.95. The number of hydrogen-bond acceptors (Lipinski definition) is 6. The summed E-state index contributed by atoms with van der Waals surface area (Å²) in [6.45, 7) is 12.6. The number of anilines is 2. The van der Waals surface area contributed by atoms with Gasteiger partial charge in [0, 0.05) is 24.8 Å². The topological polar surface area (TPSA) is 132 Å². The van der Waals surface area contributed by atoms with Gasteiger partial charge in [-0.15, -0.1) is 0 Å². The molecule has 0 spiro atoms. The van der Waals surface area contributed by atoms with Crippen LogP contribution in [0.1, 0.15) is 88.8 Å². The van der Waals surface area contributed by atoms with Crippen LogP contribution in [0.3, 0.4) is 0 Å². The summed E-state index contributed by atoms with van der Waals surface area (Å²) in [7, 11) is 0. The van der Waals surface area contributed by atoms with Gasteiger partial charge in [-0.05, 0) is 38.7 Å². The zero-order chi connectivity index (χ0) is 25.2. The number of fused-ring (bicyclic) bond motifs is 1. The number of unbranched alkanes of at least 4 members (excludes halogenated alkanes) is 1. The SMILES string of the molecule is CCCCN(C(=O)c1cc(C(C)C)nc2c1cnn2C(C)C)c1c(N)n(CCC)c(=O)[nH]c1=O. The van der Waals surface area contributed by atoms with Gasteiger partial charge in [-0.1, -0.05) is 34.1 Å². The van der Waals surface area contributed by atoms with Crippen molar-refractivity contribution in [1.29, 1.82) is 0 Å². The van der Waals surface area contributed by atoms with E-state index in [1.54, 1.807) is 16.9 Å². The molecule has 3 aromatic rings. The monoisotopic (exact) mass is 469 g/mol. The van der Waals surface area contributed by atoms with Crippen molar-refractivity contribution in [3.63, 3.8) is 0 Å². The Labute approximate surface area is 198 Å². The molecule has 0 atom stereocenters. The van der Waals surface area contributed by atoms with Crippen LogP contribution in [0, 0.1) is 0 Å². The van der Waals surface area contributed by atoms with Crippen molar-refractivity contribution in [2.75, 3.05) is 17.2 Å². The molecule has 3 N–H and O–H groups in total. The lowest BCUT2D eigenvalue weighted by Gasteiger charge is -2.25. The first kappa shape index (κ1) is 25.2. The lowest BCUT2D eigenvalue weighted by Crippen LogP contribution is -2.41. The fourth-order valence-corrected chi connectivity index (χ4v) is 3.95. The van der Waals surface area contributed by atoms with E-state index in [1.807, 2.05) is 41.5 Å². The van der Waals surface area contributed by atoms with E-state index in [0.29, 0.717) is 36.0 Å². The molecule has 0 fully saturated rings. The highest BCUT2D eigenvalue weighted by molar-refractivity contribution is 6.14. The summed E-state index contributed by atoms with van der Waals surface area (Å²) in [6.07, 6.45) is 3.76. The number of aromatic amines is 1. The first-order chi connectivity index (χ1) is 16.1. The number of hydrogen-bond donors (Lipinski definition) is 2. The van der Waals surface area contributed by atoms with Crippen molar-refractivity contribution < 1.29 is 4.79 Å². The van der Waals surface area contributed by atoms with Crippen LogP contribution in [0.5, 0.6) is 0 Å². The van der Waals surface area contributed by atoms with Gasteiger partial charge >= 0.3 is 5.69 Å². The second-order valence-corrected chi connectivity index (χ2v) is 9.12. The molecule has 3 heterocycles. The number of carbonyl (C=O) groups excluding carboxylic acids is 1. The predicted octanol–water partition coefficient (Wildman–Crippen LogP) is 3.42. The molecule has 0 aliphatic heterocycles. The second kappa shape index (κ2) is 10.2. The van der Waals surface area contributed by atoms with E-state index in [9.17, 15) is 14.4 Å². The van der Waals surface area contributed by atoms with Crippen molar-refractivity contribution >= 4 is 28.4 Å². The third kappa shape index (κ3) is 4.62. The third-order valence-electron chi connectivity index (χ3n) is 5.81. The van der Waals surface area contributed by atoms with Crippen LogP contribution in [0.2, 0.25) is 0 Å². The quantitative estimate of drug-likeness (QED) is 0.493. The molecule has 0 saturated carbocycles. The van der Waals surface area contributed by atoms with E-state index in [2.05, 4.69) is 10.1 Å². The van der Waals surface area contributed by atoms with Gasteiger partial charge in [0.05, 0.1) is 17.1 Å². The van der Waals surface area contributed by atoms with Gasteiger partial charge in [-0.25, -0.2) is 14.5 Å². The molecular weight excluding hydrogens is 434 g/mol. The molecule has 0 bridgehead atoms. The predicted molar refractivity (Wildman–Crippen MR) is 135 cm³/mol. The minimum absolute atomic E-state index is 0.00110. The van der Waals surface area contributed by atoms with Gasteiger partial charge in [0.2, 0.25) is 0 Å². The summed E-state index contributed by atoms with van der Waals surface area (Å²) in [6, 6.07) is 1.83. The van der Waals surface area contributed by atoms with Crippen molar-refractivity contribution in [2.24, 2.45) is 0 Å². The largest absolute Gasteiger partial charge is 0.383 e. The molecule has 1 amide bonds. The molecule has 3 aromatic heterocycles. The van der Waals surface area contributed by atoms with Gasteiger partial charge in [-0.2, -0.15) is 5.10 Å². The number of amides is 1. The maximum atomic E-state index is 14.0. The number of H-pyrrole nitrogens is 1. The summed E-state index contributed by atoms with van der Waals surface area (Å²) in [5.74, 6) is -0.298. The van der Waals surface area contributed by atoms with Crippen molar-refractivity contribution in [3.05, 3.63) is 44.4 Å². The number of nitrogen functional groups attached to an aromatic ring is 1. The molecule has 184 valence electrons. The summed E-state index contributed by atoms with van der Waals surface area (Å²) in [5.41, 5.74) is 6.84. The molecule has 34 heavy (non-hydrogen) atoms. The maximum absolute atomic E-state index is 14.0. The Balaban J connectivity index is 2.27. The summed E-state index contributed by atoms with van der Waals surface area (Å²) in [5, 5.41) is 5.08. The summed E-state index contributed by atoms with van der Waals surface area (Å²) in [4.78, 5) is 47.8. The van der Waals surface area contributed by atoms with Crippen LogP contribution in [0.4, 0.5) is 11.5 Å². The van der Waals surface area contributed by atoms with Crippen LogP contribution in [-0.2, 0) is 6.54 Å². The van der Waals surface area contributed by atoms with E-state index in [0.717, 1.165) is 12.1 Å². The van der Waals surface area contributed by atoms with Crippen molar-refractivity contribution in [3.8, 4) is 0 Å². The minimum atomic E-state index is -0.674. The van der Waals surface area contributed by atoms with Crippen LogP contribution in [0.15, 0.2) is 21.9 Å². The van der Waals surface area contributed by atoms with Crippen LogP contribution < -0.4 is 21.9 Å². The standard InChI is InChI=1S/C24H35N7O3/c1-7-9-11-29(19-20(25)30(10-8-2)24(34)28-22(19)32)23(33)16-12-18(14(3)4)27-21-17(16)13-26-31(21)15(5)6/h12-15H,7-11,25H2,1-6H3,(H,28,32,34). The Kier molecular flexibility index (Phi) is 7.58. The Morgan fingerprint density at radius 3 is 2.47 bits per heavy atom. The first-order valence-corrected chi connectivity index (χ1v) is 11.9. The van der Waals surface area contributed by atoms with Gasteiger partial charge < -0.3 is 10.6 Å². The van der Waals surface area contributed by atoms with Crippen molar-refractivity contribution in [2.45, 2.75) is 79.3 Å². The average molecular weight is 470 g/mol. The van der Waals surface area contributed by atoms with Gasteiger partial charge in [-0.3, -0.25) is 19.1 Å². The zero-order valence-electron chi connectivity index (χ0n) is 20.9. The molecule has 0 saturated heterocycles. The highest BCUT2D eigenvalue weighted by atomic mass is 16.2. The number of nitrogens with two attached hydrogens (primary N) is 1. The molecule has 0 unspecified atom stereocenters. The molecule has 3 rings (SSSR count). The number of nitrogens with zero attached hydrogens (tertiary/aromatic N) is 5. The number of carbonyl (C=O) groups is 1. The highest BCUT2D eigenvalue weighted by Crippen LogP contribution is 2.28. The van der Waals surface area contributed by atoms with Gasteiger partial charge in [0.25, 0.3) is 11.5 Å². The Bertz CT molecular complexity index is 1300. The number of nitrogens with one attached hydrogen (secondary N) is 1. The third-order valence-corrected chi connectivity index (χ3v) is 5.81. The molecule has 0 aliphatic carbocycles. The van der Waals surface area contributed by atoms with Gasteiger partial charge in [0.1, 0.15) is 5.82 Å². The van der Waals surface area contributed by atoms with E-state index in [1.165, 1.54) is 9.47 Å². The lowest BCUT2D eigenvalue weighted by molar-refractivity contribution is 0.0987. The van der Waals surface area contributed by atoms with E-state index in [4.69, 9.17) is 10.7 Å². The van der Waals surface area contributed by atoms with E-state index in [-0.39, 0.29) is 35.9 Å². The van der Waals surface area contributed by atoms with E-state index >= 15 is 0 Å². The van der Waals surface area contributed by atoms with E-state index < -0.39 is 11.2 Å². The van der Waals surface area contributed by atoms with Crippen LogP contribution in [-0.4, -0.2) is 36.8 Å². The lowest BCUT2D eigenvalue weighted by atomic mass is 10.0. The molecule has 0 aliphatic rings. The average Bonchev–Trinajstić information content (AvgIpc) is 3.22. The maximum Gasteiger partial charge on any atom is 0.330 e. The Hall–Kier alpha value is -3.43. The molecule has 10 heteroatoms. The molecular formula is C24H35N7O3. The smallest absolute Gasteiger partial charge is 0.330 e. The van der Waals surface area contributed by atoms with Crippen LogP contribution >= 0.6 is 0 Å². The zero-order valence-corrected chi connectivity index (χ0v) is 20.9. The number of pyridine rings is 1. The molecule has 0 aromatic carbocycles. The van der Waals surface area contributed by atoms with Gasteiger partial charge in [0.15, 0.2) is 11.3 Å².